The van der Waals surface area contributed by atoms with E-state index in [-0.39, 0.29) is 10.9 Å². The minimum atomic E-state index is -0.222. The third-order valence-electron chi connectivity index (χ3n) is 4.54. The van der Waals surface area contributed by atoms with Crippen molar-refractivity contribution in [3.05, 3.63) is 90.3 Å². The Kier molecular flexibility index (Phi) is 4.42. The number of thioether (sulfide) groups is 1. The van der Waals surface area contributed by atoms with E-state index in [2.05, 4.69) is 65.8 Å². The molecule has 0 spiro atoms. The van der Waals surface area contributed by atoms with E-state index in [9.17, 15) is 0 Å². The maximum Gasteiger partial charge on any atom is 0.0932 e. The van der Waals surface area contributed by atoms with Crippen molar-refractivity contribution in [2.24, 2.45) is 0 Å². The fourth-order valence-corrected chi connectivity index (χ4v) is 4.99. The van der Waals surface area contributed by atoms with Gasteiger partial charge in [0, 0.05) is 12.4 Å². The molecule has 0 amide bonds. The number of hydrogen-bond acceptors (Lipinski definition) is 4. The molecule has 2 atom stereocenters. The molecule has 0 radical (unpaired) electrons. The molecule has 4 heteroatoms. The largest absolute Gasteiger partial charge is 0.287 e. The van der Waals surface area contributed by atoms with Crippen molar-refractivity contribution in [1.29, 1.82) is 0 Å². The highest BCUT2D eigenvalue weighted by Crippen LogP contribution is 2.46. The molecule has 0 bridgehead atoms. The molecular formula is C21H18N2S2. The smallest absolute Gasteiger partial charge is 0.0932 e. The molecule has 0 saturated carbocycles. The van der Waals surface area contributed by atoms with Crippen molar-refractivity contribution in [2.45, 2.75) is 17.8 Å². The molecular weight excluding hydrogens is 344 g/mol. The van der Waals surface area contributed by atoms with Crippen LogP contribution in [0.25, 0.3) is 11.1 Å². The lowest BCUT2D eigenvalue weighted by Crippen LogP contribution is -2.33. The standard InChI is InChI=1S/C21H18N2S2/c1-21(23-19(20(24)25-21)17-11-13-22-14-12-17)18-9-7-16(8-10-18)15-5-3-2-4-6-15/h2-14,19,23H,1H3. The zero-order valence-corrected chi connectivity index (χ0v) is 15.5. The Morgan fingerprint density at radius 3 is 2.24 bits per heavy atom. The summed E-state index contributed by atoms with van der Waals surface area (Å²) in [5.41, 5.74) is 4.86. The van der Waals surface area contributed by atoms with E-state index in [1.54, 1.807) is 11.8 Å². The molecule has 1 aliphatic rings. The summed E-state index contributed by atoms with van der Waals surface area (Å²) in [5, 5.41) is 3.70. The lowest BCUT2D eigenvalue weighted by Gasteiger charge is -2.25. The van der Waals surface area contributed by atoms with Crippen LogP contribution in [-0.4, -0.2) is 9.18 Å². The number of benzene rings is 2. The van der Waals surface area contributed by atoms with Crippen LogP contribution in [0.4, 0.5) is 0 Å². The van der Waals surface area contributed by atoms with Gasteiger partial charge >= 0.3 is 0 Å². The second-order valence-electron chi connectivity index (χ2n) is 6.26. The predicted octanol–water partition coefficient (Wildman–Crippen LogP) is 5.33. The van der Waals surface area contributed by atoms with Gasteiger partial charge in [-0.15, -0.1) is 0 Å². The molecule has 2 heterocycles. The number of nitrogens with one attached hydrogen (secondary N) is 1. The minimum Gasteiger partial charge on any atom is -0.287 e. The fourth-order valence-electron chi connectivity index (χ4n) is 3.15. The Bertz CT molecular complexity index is 879. The number of aromatic nitrogens is 1. The second kappa shape index (κ2) is 6.71. The first kappa shape index (κ1) is 16.5. The summed E-state index contributed by atoms with van der Waals surface area (Å²) >= 11 is 7.38. The lowest BCUT2D eigenvalue weighted by atomic mass is 10.00. The Hall–Kier alpha value is -2.01. The number of hydrogen-bond donors (Lipinski definition) is 1. The average molecular weight is 363 g/mol. The zero-order valence-electron chi connectivity index (χ0n) is 13.8. The summed E-state index contributed by atoms with van der Waals surface area (Å²) in [4.78, 5) is 3.87. The molecule has 1 aliphatic heterocycles. The molecule has 2 unspecified atom stereocenters. The van der Waals surface area contributed by atoms with E-state index in [1.165, 1.54) is 16.7 Å². The predicted molar refractivity (Wildman–Crippen MR) is 110 cm³/mol. The number of rotatable bonds is 3. The second-order valence-corrected chi connectivity index (χ2v) is 8.41. The fraction of sp³-hybridized carbons (Fsp3) is 0.143. The summed E-state index contributed by atoms with van der Waals surface area (Å²) in [6.45, 7) is 2.20. The summed E-state index contributed by atoms with van der Waals surface area (Å²) in [6.07, 6.45) is 3.63. The van der Waals surface area contributed by atoms with Crippen molar-refractivity contribution in [2.75, 3.05) is 0 Å². The van der Waals surface area contributed by atoms with Crippen molar-refractivity contribution in [3.63, 3.8) is 0 Å². The lowest BCUT2D eigenvalue weighted by molar-refractivity contribution is 0.519. The molecule has 3 aromatic rings. The van der Waals surface area contributed by atoms with Gasteiger partial charge in [0.15, 0.2) is 0 Å². The van der Waals surface area contributed by atoms with Gasteiger partial charge in [0.05, 0.1) is 15.1 Å². The number of nitrogens with zero attached hydrogens (tertiary/aromatic N) is 1. The normalized spacial score (nSPS) is 22.9. The van der Waals surface area contributed by atoms with Gasteiger partial charge in [-0.3, -0.25) is 10.3 Å². The van der Waals surface area contributed by atoms with Gasteiger partial charge in [0.2, 0.25) is 0 Å². The summed E-state index contributed by atoms with van der Waals surface area (Å²) in [5.74, 6) is 0. The first-order valence-electron chi connectivity index (χ1n) is 8.22. The topological polar surface area (TPSA) is 24.9 Å². The Labute approximate surface area is 157 Å². The van der Waals surface area contributed by atoms with E-state index in [0.29, 0.717) is 0 Å². The van der Waals surface area contributed by atoms with E-state index in [4.69, 9.17) is 12.2 Å². The SMILES string of the molecule is CC1(c2ccc(-c3ccccc3)cc2)NC(c2ccncc2)C(=S)S1. The summed E-state index contributed by atoms with van der Waals surface area (Å²) < 4.78 is 0.973. The van der Waals surface area contributed by atoms with Gasteiger partial charge in [0.25, 0.3) is 0 Å². The van der Waals surface area contributed by atoms with Crippen molar-refractivity contribution in [3.8, 4) is 11.1 Å². The molecule has 25 heavy (non-hydrogen) atoms. The van der Waals surface area contributed by atoms with Crippen LogP contribution in [-0.2, 0) is 4.87 Å². The van der Waals surface area contributed by atoms with Crippen LogP contribution in [0.1, 0.15) is 24.1 Å². The molecule has 4 rings (SSSR count). The van der Waals surface area contributed by atoms with Crippen LogP contribution < -0.4 is 5.32 Å². The van der Waals surface area contributed by atoms with Crippen LogP contribution in [0.2, 0.25) is 0 Å². The highest BCUT2D eigenvalue weighted by molar-refractivity contribution is 8.24. The monoisotopic (exact) mass is 362 g/mol. The van der Waals surface area contributed by atoms with Crippen molar-refractivity contribution in [1.82, 2.24) is 10.3 Å². The molecule has 1 saturated heterocycles. The van der Waals surface area contributed by atoms with E-state index < -0.39 is 0 Å². The maximum atomic E-state index is 5.65. The first-order chi connectivity index (χ1) is 12.2. The summed E-state index contributed by atoms with van der Waals surface area (Å²) in [7, 11) is 0. The van der Waals surface area contributed by atoms with Crippen LogP contribution in [0, 0.1) is 0 Å². The highest BCUT2D eigenvalue weighted by atomic mass is 32.2. The van der Waals surface area contributed by atoms with Gasteiger partial charge in [0.1, 0.15) is 0 Å². The van der Waals surface area contributed by atoms with Gasteiger partial charge in [-0.2, -0.15) is 0 Å². The van der Waals surface area contributed by atoms with E-state index >= 15 is 0 Å². The van der Waals surface area contributed by atoms with Crippen LogP contribution in [0.5, 0.6) is 0 Å². The van der Waals surface area contributed by atoms with Crippen LogP contribution in [0.15, 0.2) is 79.1 Å². The summed E-state index contributed by atoms with van der Waals surface area (Å²) in [6, 6.07) is 23.3. The quantitative estimate of drug-likeness (QED) is 0.637. The molecule has 1 aromatic heterocycles. The van der Waals surface area contributed by atoms with Gasteiger partial charge in [-0.25, -0.2) is 0 Å². The highest BCUT2D eigenvalue weighted by Gasteiger charge is 2.41. The van der Waals surface area contributed by atoms with Gasteiger partial charge in [-0.1, -0.05) is 78.6 Å². The minimum absolute atomic E-state index is 0.0711. The van der Waals surface area contributed by atoms with E-state index in [1.807, 2.05) is 30.6 Å². The number of pyridine rings is 1. The Morgan fingerprint density at radius 2 is 1.56 bits per heavy atom. The van der Waals surface area contributed by atoms with Crippen molar-refractivity contribution >= 4 is 28.2 Å². The molecule has 2 aromatic carbocycles. The van der Waals surface area contributed by atoms with E-state index in [0.717, 1.165) is 9.76 Å². The van der Waals surface area contributed by atoms with Gasteiger partial charge in [-0.05, 0) is 41.3 Å². The Morgan fingerprint density at radius 1 is 0.920 bits per heavy atom. The first-order valence-corrected chi connectivity index (χ1v) is 9.45. The molecule has 2 nitrogen and oxygen atoms in total. The number of thiocarbonyl (C=S) groups is 1. The third kappa shape index (κ3) is 3.25. The van der Waals surface area contributed by atoms with Crippen molar-refractivity contribution < 1.29 is 0 Å². The molecule has 124 valence electrons. The third-order valence-corrected chi connectivity index (χ3v) is 6.23. The van der Waals surface area contributed by atoms with Crippen LogP contribution >= 0.6 is 24.0 Å². The van der Waals surface area contributed by atoms with Gasteiger partial charge < -0.3 is 0 Å². The molecule has 1 fully saturated rings. The molecule has 0 aliphatic carbocycles. The average Bonchev–Trinajstić information content (AvgIpc) is 2.99. The maximum absolute atomic E-state index is 5.65. The van der Waals surface area contributed by atoms with Crippen LogP contribution in [0.3, 0.4) is 0 Å². The Balaban J connectivity index is 1.60. The zero-order chi connectivity index (χ0) is 17.3. The molecule has 1 N–H and O–H groups in total.